The van der Waals surface area contributed by atoms with Gasteiger partial charge in [-0.15, -0.1) is 0 Å². The monoisotopic (exact) mass is 218 g/mol. The zero-order valence-corrected chi connectivity index (χ0v) is 9.09. The van der Waals surface area contributed by atoms with E-state index in [0.29, 0.717) is 12.1 Å². The molecule has 2 saturated heterocycles. The Morgan fingerprint density at radius 2 is 2.07 bits per heavy atom. The molecule has 0 aromatic rings. The number of rotatable bonds is 3. The summed E-state index contributed by atoms with van der Waals surface area (Å²) in [7, 11) is 0. The molecule has 0 amide bonds. The van der Waals surface area contributed by atoms with E-state index >= 15 is 0 Å². The van der Waals surface area contributed by atoms with Gasteiger partial charge in [-0.2, -0.15) is 0 Å². The third kappa shape index (κ3) is 2.88. The molecule has 0 bridgehead atoms. The minimum absolute atomic E-state index is 0.0388. The number of halogens is 2. The predicted molar refractivity (Wildman–Crippen MR) is 56.2 cm³/mol. The maximum atomic E-state index is 12.4. The highest BCUT2D eigenvalue weighted by Crippen LogP contribution is 2.24. The second kappa shape index (κ2) is 5.21. The van der Waals surface area contributed by atoms with Gasteiger partial charge in [-0.05, 0) is 38.8 Å². The summed E-state index contributed by atoms with van der Waals surface area (Å²) in [6, 6.07) is 0.819. The second-order valence-electron chi connectivity index (χ2n) is 4.65. The molecule has 0 aromatic carbocycles. The SMILES string of the molecule is FC(F)CN1CCCCC1C1CCCN1. The van der Waals surface area contributed by atoms with Crippen LogP contribution in [-0.2, 0) is 0 Å². The van der Waals surface area contributed by atoms with E-state index in [1.54, 1.807) is 0 Å². The van der Waals surface area contributed by atoms with Gasteiger partial charge in [0, 0.05) is 12.1 Å². The molecule has 4 heteroatoms. The van der Waals surface area contributed by atoms with Crippen LogP contribution >= 0.6 is 0 Å². The topological polar surface area (TPSA) is 15.3 Å². The number of alkyl halides is 2. The van der Waals surface area contributed by atoms with Crippen LogP contribution in [0, 0.1) is 0 Å². The summed E-state index contributed by atoms with van der Waals surface area (Å²) in [6.45, 7) is 1.87. The molecule has 2 aliphatic heterocycles. The highest BCUT2D eigenvalue weighted by Gasteiger charge is 2.32. The number of likely N-dealkylation sites (tertiary alicyclic amines) is 1. The summed E-state index contributed by atoms with van der Waals surface area (Å²) < 4.78 is 24.8. The Morgan fingerprint density at radius 3 is 2.73 bits per heavy atom. The highest BCUT2D eigenvalue weighted by atomic mass is 19.3. The Kier molecular flexibility index (Phi) is 3.92. The minimum Gasteiger partial charge on any atom is -0.312 e. The molecular weight excluding hydrogens is 198 g/mol. The van der Waals surface area contributed by atoms with Crippen molar-refractivity contribution in [3.63, 3.8) is 0 Å². The van der Waals surface area contributed by atoms with E-state index in [9.17, 15) is 8.78 Å². The van der Waals surface area contributed by atoms with Crippen molar-refractivity contribution >= 4 is 0 Å². The number of nitrogens with zero attached hydrogens (tertiary/aromatic N) is 1. The Bertz CT molecular complexity index is 193. The van der Waals surface area contributed by atoms with Gasteiger partial charge < -0.3 is 5.32 Å². The predicted octanol–water partition coefficient (Wildman–Crippen LogP) is 1.86. The molecule has 2 aliphatic rings. The average Bonchev–Trinajstić information content (AvgIpc) is 2.70. The third-order valence-electron chi connectivity index (χ3n) is 3.60. The lowest BCUT2D eigenvalue weighted by molar-refractivity contribution is 0.0387. The first-order chi connectivity index (χ1) is 7.27. The first kappa shape index (κ1) is 11.3. The van der Waals surface area contributed by atoms with E-state index in [0.717, 1.165) is 32.4 Å². The summed E-state index contributed by atoms with van der Waals surface area (Å²) in [6.07, 6.45) is 3.53. The molecule has 2 heterocycles. The molecule has 0 radical (unpaired) electrons. The lowest BCUT2D eigenvalue weighted by Crippen LogP contribution is -2.51. The summed E-state index contributed by atoms with van der Waals surface area (Å²) in [5.41, 5.74) is 0. The Labute approximate surface area is 90.0 Å². The Balaban J connectivity index is 1.92. The van der Waals surface area contributed by atoms with Crippen LogP contribution in [0.15, 0.2) is 0 Å². The van der Waals surface area contributed by atoms with Crippen LogP contribution in [0.5, 0.6) is 0 Å². The van der Waals surface area contributed by atoms with Crippen molar-refractivity contribution in [2.24, 2.45) is 0 Å². The molecule has 2 rings (SSSR count). The molecular formula is C11H20F2N2. The number of nitrogens with one attached hydrogen (secondary N) is 1. The van der Waals surface area contributed by atoms with Gasteiger partial charge in [-0.3, -0.25) is 4.90 Å². The van der Waals surface area contributed by atoms with Crippen molar-refractivity contribution in [1.29, 1.82) is 0 Å². The largest absolute Gasteiger partial charge is 0.312 e. The van der Waals surface area contributed by atoms with Crippen LogP contribution in [0.2, 0.25) is 0 Å². The third-order valence-corrected chi connectivity index (χ3v) is 3.60. The fourth-order valence-corrected chi connectivity index (χ4v) is 2.92. The molecule has 0 aromatic heterocycles. The molecule has 0 saturated carbocycles. The summed E-state index contributed by atoms with van der Waals surface area (Å²) >= 11 is 0. The van der Waals surface area contributed by atoms with Gasteiger partial charge >= 0.3 is 0 Å². The molecule has 0 spiro atoms. The van der Waals surface area contributed by atoms with E-state index < -0.39 is 6.43 Å². The lowest BCUT2D eigenvalue weighted by atomic mass is 9.94. The molecule has 0 aliphatic carbocycles. The fraction of sp³-hybridized carbons (Fsp3) is 1.00. The Hall–Kier alpha value is -0.220. The van der Waals surface area contributed by atoms with Crippen LogP contribution in [0.25, 0.3) is 0 Å². The van der Waals surface area contributed by atoms with Crippen molar-refractivity contribution in [2.45, 2.75) is 50.6 Å². The quantitative estimate of drug-likeness (QED) is 0.778. The summed E-state index contributed by atoms with van der Waals surface area (Å²) in [5.74, 6) is 0. The molecule has 2 atom stereocenters. The molecule has 88 valence electrons. The molecule has 2 nitrogen and oxygen atoms in total. The normalized spacial score (nSPS) is 33.8. The van der Waals surface area contributed by atoms with Crippen molar-refractivity contribution in [2.75, 3.05) is 19.6 Å². The van der Waals surface area contributed by atoms with Gasteiger partial charge in [-0.1, -0.05) is 6.42 Å². The molecule has 15 heavy (non-hydrogen) atoms. The smallest absolute Gasteiger partial charge is 0.251 e. The lowest BCUT2D eigenvalue weighted by Gasteiger charge is -2.39. The molecule has 2 fully saturated rings. The van der Waals surface area contributed by atoms with E-state index in [4.69, 9.17) is 0 Å². The number of hydrogen-bond donors (Lipinski definition) is 1. The van der Waals surface area contributed by atoms with Gasteiger partial charge in [0.05, 0.1) is 6.54 Å². The maximum absolute atomic E-state index is 12.4. The van der Waals surface area contributed by atoms with Gasteiger partial charge in [0.1, 0.15) is 0 Å². The van der Waals surface area contributed by atoms with Crippen LogP contribution in [0.4, 0.5) is 8.78 Å². The van der Waals surface area contributed by atoms with Gasteiger partial charge in [0.25, 0.3) is 6.43 Å². The number of piperidine rings is 1. The van der Waals surface area contributed by atoms with Gasteiger partial charge in [-0.25, -0.2) is 8.78 Å². The van der Waals surface area contributed by atoms with Gasteiger partial charge in [0.2, 0.25) is 0 Å². The van der Waals surface area contributed by atoms with Gasteiger partial charge in [0.15, 0.2) is 0 Å². The first-order valence-electron chi connectivity index (χ1n) is 6.03. The molecule has 2 unspecified atom stereocenters. The maximum Gasteiger partial charge on any atom is 0.251 e. The minimum atomic E-state index is -2.19. The van der Waals surface area contributed by atoms with E-state index in [-0.39, 0.29) is 6.54 Å². The van der Waals surface area contributed by atoms with Crippen molar-refractivity contribution in [1.82, 2.24) is 10.2 Å². The van der Waals surface area contributed by atoms with Crippen LogP contribution < -0.4 is 5.32 Å². The van der Waals surface area contributed by atoms with E-state index in [2.05, 4.69) is 5.32 Å². The standard InChI is InChI=1S/C11H20F2N2/c12-11(13)8-15-7-2-1-5-10(15)9-4-3-6-14-9/h9-11,14H,1-8H2. The van der Waals surface area contributed by atoms with Crippen LogP contribution in [-0.4, -0.2) is 43.0 Å². The van der Waals surface area contributed by atoms with Crippen molar-refractivity contribution < 1.29 is 8.78 Å². The highest BCUT2D eigenvalue weighted by molar-refractivity contribution is 4.90. The van der Waals surface area contributed by atoms with Crippen LogP contribution in [0.1, 0.15) is 32.1 Å². The van der Waals surface area contributed by atoms with E-state index in [1.165, 1.54) is 12.8 Å². The molecule has 1 N–H and O–H groups in total. The average molecular weight is 218 g/mol. The van der Waals surface area contributed by atoms with Crippen LogP contribution in [0.3, 0.4) is 0 Å². The van der Waals surface area contributed by atoms with Crippen molar-refractivity contribution in [3.05, 3.63) is 0 Å². The van der Waals surface area contributed by atoms with Crippen molar-refractivity contribution in [3.8, 4) is 0 Å². The number of hydrogen-bond acceptors (Lipinski definition) is 2. The second-order valence-corrected chi connectivity index (χ2v) is 4.65. The zero-order chi connectivity index (χ0) is 10.7. The zero-order valence-electron chi connectivity index (χ0n) is 9.09. The fourth-order valence-electron chi connectivity index (χ4n) is 2.92. The Morgan fingerprint density at radius 1 is 1.20 bits per heavy atom. The summed E-state index contributed by atoms with van der Waals surface area (Å²) in [4.78, 5) is 2.00. The summed E-state index contributed by atoms with van der Waals surface area (Å²) in [5, 5.41) is 3.44. The first-order valence-corrected chi connectivity index (χ1v) is 6.03. The van der Waals surface area contributed by atoms with E-state index in [1.807, 2.05) is 4.90 Å².